The van der Waals surface area contributed by atoms with E-state index in [0.717, 1.165) is 31.4 Å². The number of nitrogens with zero attached hydrogens (tertiary/aromatic N) is 2. The SMILES string of the molecule is COC(=O)Nc1ccc(S(=O)(=O)N(CCC#N)CC(F)(F)C(F)F)cc1. The summed E-state index contributed by atoms with van der Waals surface area (Å²) in [6.45, 7) is -2.44. The molecule has 12 heteroatoms. The Morgan fingerprint density at radius 2 is 1.92 bits per heavy atom. The van der Waals surface area contributed by atoms with Crippen molar-refractivity contribution in [3.8, 4) is 6.07 Å². The number of methoxy groups -OCH3 is 1. The molecular weight excluding hydrogens is 382 g/mol. The number of carbonyl (C=O) groups is 1. The molecule has 0 bridgehead atoms. The van der Waals surface area contributed by atoms with Crippen molar-refractivity contribution in [2.75, 3.05) is 25.5 Å². The lowest BCUT2D eigenvalue weighted by Gasteiger charge is -2.25. The van der Waals surface area contributed by atoms with Gasteiger partial charge in [0.1, 0.15) is 0 Å². The Labute approximate surface area is 147 Å². The second-order valence-electron chi connectivity index (χ2n) is 4.95. The second-order valence-corrected chi connectivity index (χ2v) is 6.89. The maximum absolute atomic E-state index is 13.3. The van der Waals surface area contributed by atoms with E-state index in [9.17, 15) is 30.8 Å². The summed E-state index contributed by atoms with van der Waals surface area (Å²) in [7, 11) is -3.45. The molecule has 0 heterocycles. The van der Waals surface area contributed by atoms with Crippen molar-refractivity contribution in [1.82, 2.24) is 4.31 Å². The van der Waals surface area contributed by atoms with Gasteiger partial charge in [0.25, 0.3) is 0 Å². The van der Waals surface area contributed by atoms with Crippen LogP contribution in [-0.4, -0.2) is 51.4 Å². The molecule has 0 atom stereocenters. The molecule has 26 heavy (non-hydrogen) atoms. The molecule has 0 aromatic heterocycles. The van der Waals surface area contributed by atoms with Gasteiger partial charge >= 0.3 is 18.4 Å². The Kier molecular flexibility index (Phi) is 7.34. The first kappa shape index (κ1) is 21.7. The van der Waals surface area contributed by atoms with Crippen molar-refractivity contribution in [3.05, 3.63) is 24.3 Å². The second kappa shape index (κ2) is 8.81. The van der Waals surface area contributed by atoms with Crippen molar-refractivity contribution in [2.24, 2.45) is 0 Å². The van der Waals surface area contributed by atoms with E-state index in [-0.39, 0.29) is 9.99 Å². The van der Waals surface area contributed by atoms with Gasteiger partial charge in [0.05, 0.1) is 24.6 Å². The number of nitriles is 1. The first-order valence-electron chi connectivity index (χ1n) is 7.02. The van der Waals surface area contributed by atoms with Crippen LogP contribution >= 0.6 is 0 Å². The van der Waals surface area contributed by atoms with Crippen LogP contribution in [0, 0.1) is 11.3 Å². The fraction of sp³-hybridized carbons (Fsp3) is 0.429. The lowest BCUT2D eigenvalue weighted by atomic mass is 10.3. The molecule has 0 saturated heterocycles. The van der Waals surface area contributed by atoms with Gasteiger partial charge in [0, 0.05) is 18.7 Å². The molecule has 1 N–H and O–H groups in total. The van der Waals surface area contributed by atoms with E-state index in [1.807, 2.05) is 0 Å². The first-order valence-corrected chi connectivity index (χ1v) is 8.46. The van der Waals surface area contributed by atoms with Crippen LogP contribution in [0.4, 0.5) is 28.0 Å². The molecule has 1 amide bonds. The van der Waals surface area contributed by atoms with Crippen molar-refractivity contribution >= 4 is 21.8 Å². The van der Waals surface area contributed by atoms with E-state index in [2.05, 4.69) is 10.1 Å². The van der Waals surface area contributed by atoms with Gasteiger partial charge < -0.3 is 4.74 Å². The minimum absolute atomic E-state index is 0.130. The van der Waals surface area contributed by atoms with Crippen LogP contribution in [0.1, 0.15) is 6.42 Å². The van der Waals surface area contributed by atoms with Gasteiger partial charge in [0.15, 0.2) is 0 Å². The van der Waals surface area contributed by atoms with Gasteiger partial charge in [-0.05, 0) is 24.3 Å². The molecule has 0 spiro atoms. The third kappa shape index (κ3) is 5.57. The highest BCUT2D eigenvalue weighted by molar-refractivity contribution is 7.89. The van der Waals surface area contributed by atoms with E-state index in [1.165, 1.54) is 0 Å². The Morgan fingerprint density at radius 3 is 2.38 bits per heavy atom. The van der Waals surface area contributed by atoms with Crippen LogP contribution in [-0.2, 0) is 14.8 Å². The first-order chi connectivity index (χ1) is 12.0. The van der Waals surface area contributed by atoms with Crippen LogP contribution in [0.3, 0.4) is 0 Å². The number of anilines is 1. The van der Waals surface area contributed by atoms with E-state index < -0.39 is 52.9 Å². The van der Waals surface area contributed by atoms with Gasteiger partial charge in [-0.2, -0.15) is 18.3 Å². The summed E-state index contributed by atoms with van der Waals surface area (Å²) in [6.07, 6.45) is -5.33. The average molecular weight is 397 g/mol. The number of benzene rings is 1. The Balaban J connectivity index is 3.11. The number of halogens is 4. The van der Waals surface area contributed by atoms with Crippen LogP contribution < -0.4 is 5.32 Å². The number of hydrogen-bond acceptors (Lipinski definition) is 5. The molecule has 1 aromatic rings. The van der Waals surface area contributed by atoms with Crippen LogP contribution in [0.15, 0.2) is 29.2 Å². The Morgan fingerprint density at radius 1 is 1.35 bits per heavy atom. The predicted octanol–water partition coefficient (Wildman–Crippen LogP) is 2.67. The van der Waals surface area contributed by atoms with Crippen LogP contribution in [0.25, 0.3) is 0 Å². The maximum Gasteiger partial charge on any atom is 0.411 e. The third-order valence-electron chi connectivity index (χ3n) is 3.10. The Bertz CT molecular complexity index is 763. The molecule has 0 aliphatic heterocycles. The largest absolute Gasteiger partial charge is 0.453 e. The monoisotopic (exact) mass is 397 g/mol. The molecule has 144 valence electrons. The fourth-order valence-corrected chi connectivity index (χ4v) is 3.24. The lowest BCUT2D eigenvalue weighted by Crippen LogP contribution is -2.44. The fourth-order valence-electron chi connectivity index (χ4n) is 1.79. The molecule has 0 aliphatic carbocycles. The van der Waals surface area contributed by atoms with Gasteiger partial charge in [0.2, 0.25) is 10.0 Å². The minimum Gasteiger partial charge on any atom is -0.453 e. The number of ether oxygens (including phenoxy) is 1. The molecule has 0 unspecified atom stereocenters. The summed E-state index contributed by atoms with van der Waals surface area (Å²) in [5.74, 6) is -4.57. The van der Waals surface area contributed by atoms with Crippen LogP contribution in [0.5, 0.6) is 0 Å². The summed E-state index contributed by atoms with van der Waals surface area (Å²) in [5, 5.41) is 10.8. The summed E-state index contributed by atoms with van der Waals surface area (Å²) in [5.41, 5.74) is 0.164. The molecular formula is C14H15F4N3O4S. The van der Waals surface area contributed by atoms with Crippen LogP contribution in [0.2, 0.25) is 0 Å². The van der Waals surface area contributed by atoms with E-state index in [0.29, 0.717) is 0 Å². The summed E-state index contributed by atoms with van der Waals surface area (Å²) < 4.78 is 80.8. The molecule has 0 radical (unpaired) electrons. The standard InChI is InChI=1S/C14H15F4N3O4S/c1-25-13(22)20-10-3-5-11(6-4-10)26(23,24)21(8-2-7-19)9-14(17,18)12(15)16/h3-6,12H,2,8-9H2,1H3,(H,20,22). The zero-order valence-corrected chi connectivity index (χ0v) is 14.3. The number of nitrogens with one attached hydrogen (secondary N) is 1. The number of hydrogen-bond donors (Lipinski definition) is 1. The summed E-state index contributed by atoms with van der Waals surface area (Å²) in [4.78, 5) is 10.6. The smallest absolute Gasteiger partial charge is 0.411 e. The number of alkyl halides is 4. The minimum atomic E-state index is -4.57. The van der Waals surface area contributed by atoms with Gasteiger partial charge in [-0.1, -0.05) is 0 Å². The van der Waals surface area contributed by atoms with Crippen molar-refractivity contribution in [3.63, 3.8) is 0 Å². The van der Waals surface area contributed by atoms with E-state index in [4.69, 9.17) is 5.26 Å². The maximum atomic E-state index is 13.3. The van der Waals surface area contributed by atoms with Crippen molar-refractivity contribution < 1.29 is 35.5 Å². The van der Waals surface area contributed by atoms with Gasteiger partial charge in [-0.15, -0.1) is 0 Å². The Hall–Kier alpha value is -2.39. The predicted molar refractivity (Wildman–Crippen MR) is 82.4 cm³/mol. The number of sulfonamides is 1. The molecule has 1 aromatic carbocycles. The molecule has 0 saturated carbocycles. The molecule has 1 rings (SSSR count). The number of amides is 1. The number of carbonyl (C=O) groups excluding carboxylic acids is 1. The number of rotatable bonds is 8. The third-order valence-corrected chi connectivity index (χ3v) is 4.96. The van der Waals surface area contributed by atoms with Gasteiger partial charge in [-0.25, -0.2) is 22.0 Å². The molecule has 0 fully saturated rings. The topological polar surface area (TPSA) is 99.5 Å². The van der Waals surface area contributed by atoms with Crippen molar-refractivity contribution in [2.45, 2.75) is 23.7 Å². The van der Waals surface area contributed by atoms with E-state index in [1.54, 1.807) is 6.07 Å². The normalized spacial score (nSPS) is 12.1. The molecule has 0 aliphatic rings. The summed E-state index contributed by atoms with van der Waals surface area (Å²) >= 11 is 0. The zero-order valence-electron chi connectivity index (χ0n) is 13.5. The highest BCUT2D eigenvalue weighted by Crippen LogP contribution is 2.27. The highest BCUT2D eigenvalue weighted by atomic mass is 32.2. The van der Waals surface area contributed by atoms with Crippen molar-refractivity contribution in [1.29, 1.82) is 5.26 Å². The summed E-state index contributed by atoms with van der Waals surface area (Å²) in [6, 6.07) is 5.90. The lowest BCUT2D eigenvalue weighted by molar-refractivity contribution is -0.134. The molecule has 7 nitrogen and oxygen atoms in total. The zero-order chi connectivity index (χ0) is 20.0. The quantitative estimate of drug-likeness (QED) is 0.680. The average Bonchev–Trinajstić information content (AvgIpc) is 2.58. The highest BCUT2D eigenvalue weighted by Gasteiger charge is 2.45. The van der Waals surface area contributed by atoms with Gasteiger partial charge in [-0.3, -0.25) is 5.32 Å². The van der Waals surface area contributed by atoms with E-state index >= 15 is 0 Å².